The number of hydrogen-bond acceptors (Lipinski definition) is 6. The number of carbonyl (C=O) groups excluding carboxylic acids is 1. The lowest BCUT2D eigenvalue weighted by Crippen LogP contribution is -2.24. The van der Waals surface area contributed by atoms with Crippen LogP contribution in [0.5, 0.6) is 0 Å². The number of aromatic nitrogens is 4. The third-order valence-electron chi connectivity index (χ3n) is 5.69. The first-order valence-corrected chi connectivity index (χ1v) is 11.8. The van der Waals surface area contributed by atoms with Gasteiger partial charge >= 0.3 is 6.03 Å². The average molecular weight is 460 g/mol. The Morgan fingerprint density at radius 1 is 1.18 bits per heavy atom. The number of fused-ring (bicyclic) bond motifs is 3. The second kappa shape index (κ2) is 8.67. The highest BCUT2D eigenvalue weighted by atomic mass is 32.1. The van der Waals surface area contributed by atoms with Crippen LogP contribution in [-0.2, 0) is 12.8 Å². The summed E-state index contributed by atoms with van der Waals surface area (Å²) in [7, 11) is 1.59. The number of pyridine rings is 1. The molecule has 0 radical (unpaired) electrons. The maximum Gasteiger partial charge on any atom is 0.320 e. The van der Waals surface area contributed by atoms with Crippen molar-refractivity contribution in [3.05, 3.63) is 59.4 Å². The second-order valence-electron chi connectivity index (χ2n) is 7.84. The Bertz CT molecular complexity index is 1320. The second-order valence-corrected chi connectivity index (χ2v) is 8.83. The van der Waals surface area contributed by atoms with Gasteiger partial charge in [-0.2, -0.15) is 5.10 Å². The molecule has 3 N–H and O–H groups in total. The SMILES string of the molecule is CCNc1ccc(-c2nn(-c3ccccc3C)c3c2CCc2nc(NC(=O)NC)sc2-3)cn1. The first-order chi connectivity index (χ1) is 16.1. The number of aryl methyl sites for hydroxylation is 2. The number of thiazole rings is 1. The zero-order valence-corrected chi connectivity index (χ0v) is 19.6. The van der Waals surface area contributed by atoms with Gasteiger partial charge in [-0.05, 0) is 50.5 Å². The number of anilines is 2. The Morgan fingerprint density at radius 2 is 2.03 bits per heavy atom. The molecule has 0 saturated carbocycles. The van der Waals surface area contributed by atoms with E-state index in [0.717, 1.165) is 64.0 Å². The Morgan fingerprint density at radius 3 is 2.76 bits per heavy atom. The van der Waals surface area contributed by atoms with Gasteiger partial charge in [0.15, 0.2) is 5.13 Å². The zero-order chi connectivity index (χ0) is 22.9. The Labute approximate surface area is 196 Å². The highest BCUT2D eigenvalue weighted by Crippen LogP contribution is 2.44. The molecule has 4 aromatic rings. The molecule has 0 fully saturated rings. The number of urea groups is 1. The van der Waals surface area contributed by atoms with Crippen LogP contribution in [0.4, 0.5) is 15.7 Å². The monoisotopic (exact) mass is 459 g/mol. The van der Waals surface area contributed by atoms with Gasteiger partial charge in [0.25, 0.3) is 0 Å². The Kier molecular flexibility index (Phi) is 5.55. The molecule has 0 atom stereocenters. The lowest BCUT2D eigenvalue weighted by atomic mass is 9.95. The third-order valence-corrected chi connectivity index (χ3v) is 6.71. The van der Waals surface area contributed by atoms with Crippen LogP contribution in [0.3, 0.4) is 0 Å². The number of nitrogens with zero attached hydrogens (tertiary/aromatic N) is 4. The molecule has 0 saturated heterocycles. The van der Waals surface area contributed by atoms with E-state index in [4.69, 9.17) is 10.1 Å². The molecule has 3 heterocycles. The van der Waals surface area contributed by atoms with E-state index in [1.165, 1.54) is 16.9 Å². The number of hydrogen-bond donors (Lipinski definition) is 3. The smallest absolute Gasteiger partial charge is 0.320 e. The van der Waals surface area contributed by atoms with Crippen LogP contribution in [0.15, 0.2) is 42.6 Å². The lowest BCUT2D eigenvalue weighted by molar-refractivity contribution is 0.254. The number of benzene rings is 1. The van der Waals surface area contributed by atoms with Crippen molar-refractivity contribution in [2.75, 3.05) is 24.2 Å². The van der Waals surface area contributed by atoms with Crippen LogP contribution >= 0.6 is 11.3 Å². The Balaban J connectivity index is 1.68. The number of amides is 2. The summed E-state index contributed by atoms with van der Waals surface area (Å²) in [6.45, 7) is 4.96. The van der Waals surface area contributed by atoms with Crippen molar-refractivity contribution in [2.45, 2.75) is 26.7 Å². The van der Waals surface area contributed by atoms with Crippen LogP contribution in [0.25, 0.3) is 27.5 Å². The maximum atomic E-state index is 11.9. The molecule has 8 nitrogen and oxygen atoms in total. The molecule has 168 valence electrons. The standard InChI is InChI=1S/C24H25N7OS/c1-4-26-19-12-9-15(13-27-19)20-16-10-11-17-22(33-24(28-17)29-23(32)25-3)21(16)31(30-20)18-8-6-5-7-14(18)2/h5-9,12-13H,4,10-11H2,1-3H3,(H,26,27)(H2,25,28,29,32). The van der Waals surface area contributed by atoms with E-state index < -0.39 is 0 Å². The first kappa shape index (κ1) is 21.1. The minimum absolute atomic E-state index is 0.277. The van der Waals surface area contributed by atoms with Gasteiger partial charge in [0.05, 0.1) is 27.6 Å². The van der Waals surface area contributed by atoms with Crippen molar-refractivity contribution >= 4 is 28.3 Å². The molecule has 33 heavy (non-hydrogen) atoms. The molecule has 0 unspecified atom stereocenters. The summed E-state index contributed by atoms with van der Waals surface area (Å²) < 4.78 is 2.03. The van der Waals surface area contributed by atoms with Gasteiger partial charge in [0.2, 0.25) is 0 Å². The molecular weight excluding hydrogens is 434 g/mol. The topological polar surface area (TPSA) is 96.8 Å². The number of nitrogens with one attached hydrogen (secondary N) is 3. The maximum absolute atomic E-state index is 11.9. The highest BCUT2D eigenvalue weighted by Gasteiger charge is 2.30. The molecule has 2 amide bonds. The van der Waals surface area contributed by atoms with Gasteiger partial charge in [-0.25, -0.2) is 19.4 Å². The van der Waals surface area contributed by atoms with Gasteiger partial charge < -0.3 is 10.6 Å². The van der Waals surface area contributed by atoms with E-state index in [0.29, 0.717) is 5.13 Å². The quantitative estimate of drug-likeness (QED) is 0.404. The predicted molar refractivity (Wildman–Crippen MR) is 132 cm³/mol. The summed E-state index contributed by atoms with van der Waals surface area (Å²) in [6, 6.07) is 12.0. The molecule has 1 aliphatic rings. The predicted octanol–water partition coefficient (Wildman–Crippen LogP) is 4.65. The highest BCUT2D eigenvalue weighted by molar-refractivity contribution is 7.19. The fraction of sp³-hybridized carbons (Fsp3) is 0.250. The molecule has 0 aliphatic heterocycles. The number of rotatable bonds is 5. The fourth-order valence-electron chi connectivity index (χ4n) is 4.11. The summed E-state index contributed by atoms with van der Waals surface area (Å²) in [5.41, 5.74) is 7.29. The molecular formula is C24H25N7OS. The van der Waals surface area contributed by atoms with Crippen molar-refractivity contribution in [1.29, 1.82) is 0 Å². The van der Waals surface area contributed by atoms with E-state index >= 15 is 0 Å². The average Bonchev–Trinajstić information content (AvgIpc) is 3.41. The molecule has 3 aromatic heterocycles. The van der Waals surface area contributed by atoms with Gasteiger partial charge in [-0.1, -0.05) is 29.5 Å². The van der Waals surface area contributed by atoms with E-state index in [1.807, 2.05) is 29.1 Å². The molecule has 1 aliphatic carbocycles. The first-order valence-electron chi connectivity index (χ1n) is 11.0. The molecule has 0 spiro atoms. The van der Waals surface area contributed by atoms with E-state index in [1.54, 1.807) is 7.05 Å². The summed E-state index contributed by atoms with van der Waals surface area (Å²) in [5.74, 6) is 0.850. The van der Waals surface area contributed by atoms with Crippen LogP contribution in [0.1, 0.15) is 23.7 Å². The Hall–Kier alpha value is -3.72. The van der Waals surface area contributed by atoms with E-state index in [-0.39, 0.29) is 6.03 Å². The minimum atomic E-state index is -0.277. The van der Waals surface area contributed by atoms with Crippen molar-refractivity contribution in [2.24, 2.45) is 0 Å². The molecule has 9 heteroatoms. The molecule has 1 aromatic carbocycles. The summed E-state index contributed by atoms with van der Waals surface area (Å²) in [4.78, 5) is 22.1. The zero-order valence-electron chi connectivity index (χ0n) is 18.8. The van der Waals surface area contributed by atoms with Gasteiger partial charge in [0, 0.05) is 30.9 Å². The van der Waals surface area contributed by atoms with Crippen molar-refractivity contribution in [1.82, 2.24) is 25.1 Å². The van der Waals surface area contributed by atoms with Gasteiger partial charge in [-0.3, -0.25) is 5.32 Å². The van der Waals surface area contributed by atoms with E-state index in [2.05, 4.69) is 53.0 Å². The van der Waals surface area contributed by atoms with Crippen molar-refractivity contribution in [3.63, 3.8) is 0 Å². The van der Waals surface area contributed by atoms with Crippen molar-refractivity contribution in [3.8, 4) is 27.5 Å². The van der Waals surface area contributed by atoms with E-state index in [9.17, 15) is 4.79 Å². The third kappa shape index (κ3) is 3.84. The number of para-hydroxylation sites is 1. The summed E-state index contributed by atoms with van der Waals surface area (Å²) in [5, 5.41) is 14.3. The van der Waals surface area contributed by atoms with Crippen LogP contribution in [0.2, 0.25) is 0 Å². The normalized spacial score (nSPS) is 12.1. The largest absolute Gasteiger partial charge is 0.370 e. The molecule has 0 bridgehead atoms. The molecule has 5 rings (SSSR count). The van der Waals surface area contributed by atoms with Gasteiger partial charge in [0.1, 0.15) is 5.82 Å². The number of carbonyl (C=O) groups is 1. The van der Waals surface area contributed by atoms with Crippen LogP contribution in [-0.4, -0.2) is 39.4 Å². The summed E-state index contributed by atoms with van der Waals surface area (Å²) >= 11 is 1.48. The lowest BCUT2D eigenvalue weighted by Gasteiger charge is -2.15. The van der Waals surface area contributed by atoms with Gasteiger partial charge in [-0.15, -0.1) is 0 Å². The van der Waals surface area contributed by atoms with Crippen LogP contribution < -0.4 is 16.0 Å². The minimum Gasteiger partial charge on any atom is -0.370 e. The van der Waals surface area contributed by atoms with Crippen LogP contribution in [0, 0.1) is 6.92 Å². The fourth-order valence-corrected chi connectivity index (χ4v) is 5.17. The summed E-state index contributed by atoms with van der Waals surface area (Å²) in [6.07, 6.45) is 3.49. The van der Waals surface area contributed by atoms with Crippen molar-refractivity contribution < 1.29 is 4.79 Å².